The number of alkyl halides is 2. The highest BCUT2D eigenvalue weighted by molar-refractivity contribution is 5.73. The topological polar surface area (TPSA) is 88.5 Å². The van der Waals surface area contributed by atoms with Gasteiger partial charge in [0.1, 0.15) is 17.2 Å². The third-order valence-corrected chi connectivity index (χ3v) is 5.02. The summed E-state index contributed by atoms with van der Waals surface area (Å²) in [5.41, 5.74) is 2.84. The standard InChI is InChI=1S/C19H22F2N4O3/c20-19(21)28-12-3-4-14(16(26)8-12)17-13-5-7-27-10-15(13)18(25-24-17)23-11-2-1-6-22-9-11/h3-4,8,11,19,22,26H,1-2,5-7,9-10H2,(H,23,25)/t11-/m1/s1. The average molecular weight is 392 g/mol. The van der Waals surface area contributed by atoms with E-state index in [0.29, 0.717) is 36.7 Å². The number of anilines is 1. The van der Waals surface area contributed by atoms with E-state index in [0.717, 1.165) is 43.1 Å². The number of fused-ring (bicyclic) bond motifs is 1. The summed E-state index contributed by atoms with van der Waals surface area (Å²) in [6, 6.07) is 4.34. The van der Waals surface area contributed by atoms with E-state index in [1.165, 1.54) is 12.1 Å². The molecule has 0 radical (unpaired) electrons. The molecule has 0 saturated carbocycles. The predicted octanol–water partition coefficient (Wildman–Crippen LogP) is 2.69. The lowest BCUT2D eigenvalue weighted by atomic mass is 9.97. The Morgan fingerprint density at radius 2 is 2.18 bits per heavy atom. The molecule has 3 N–H and O–H groups in total. The van der Waals surface area contributed by atoms with Crippen molar-refractivity contribution in [3.8, 4) is 22.8 Å². The van der Waals surface area contributed by atoms with Crippen LogP contribution in [0, 0.1) is 0 Å². The molecule has 0 spiro atoms. The van der Waals surface area contributed by atoms with Gasteiger partial charge in [-0.15, -0.1) is 10.2 Å². The summed E-state index contributed by atoms with van der Waals surface area (Å²) >= 11 is 0. The van der Waals surface area contributed by atoms with Crippen molar-refractivity contribution >= 4 is 5.82 Å². The number of aromatic hydroxyl groups is 1. The van der Waals surface area contributed by atoms with Crippen molar-refractivity contribution < 1.29 is 23.4 Å². The van der Waals surface area contributed by atoms with Gasteiger partial charge in [-0.3, -0.25) is 0 Å². The van der Waals surface area contributed by atoms with Gasteiger partial charge in [-0.25, -0.2) is 0 Å². The summed E-state index contributed by atoms with van der Waals surface area (Å²) in [4.78, 5) is 0. The maximum atomic E-state index is 12.4. The molecule has 1 aromatic heterocycles. The molecule has 0 amide bonds. The number of piperidine rings is 1. The molecule has 0 unspecified atom stereocenters. The van der Waals surface area contributed by atoms with Crippen LogP contribution in [0.4, 0.5) is 14.6 Å². The van der Waals surface area contributed by atoms with Gasteiger partial charge in [0, 0.05) is 29.8 Å². The largest absolute Gasteiger partial charge is 0.507 e. The highest BCUT2D eigenvalue weighted by atomic mass is 19.3. The number of halogens is 2. The van der Waals surface area contributed by atoms with Crippen molar-refractivity contribution in [2.75, 3.05) is 25.0 Å². The molecule has 4 rings (SSSR count). The Kier molecular flexibility index (Phi) is 5.54. The Morgan fingerprint density at radius 3 is 2.93 bits per heavy atom. The monoisotopic (exact) mass is 392 g/mol. The SMILES string of the molecule is Oc1cc(OC(F)F)ccc1-c1nnc(N[C@@H]2CCCNC2)c2c1CCOC2. The number of nitrogens with zero attached hydrogens (tertiary/aromatic N) is 2. The Bertz CT molecular complexity index is 844. The summed E-state index contributed by atoms with van der Waals surface area (Å²) in [7, 11) is 0. The molecule has 1 atom stereocenters. The molecule has 1 fully saturated rings. The van der Waals surface area contributed by atoms with Gasteiger partial charge < -0.3 is 25.2 Å². The first-order valence-electron chi connectivity index (χ1n) is 9.33. The van der Waals surface area contributed by atoms with Crippen LogP contribution in [0.1, 0.15) is 24.0 Å². The summed E-state index contributed by atoms with van der Waals surface area (Å²) in [6.45, 7) is -0.105. The maximum absolute atomic E-state index is 12.4. The number of hydrogen-bond acceptors (Lipinski definition) is 7. The zero-order valence-corrected chi connectivity index (χ0v) is 15.3. The molecule has 2 aliphatic heterocycles. The molecule has 28 heavy (non-hydrogen) atoms. The van der Waals surface area contributed by atoms with E-state index >= 15 is 0 Å². The number of nitrogens with one attached hydrogen (secondary N) is 2. The van der Waals surface area contributed by atoms with E-state index in [1.807, 2.05) is 0 Å². The van der Waals surface area contributed by atoms with E-state index in [1.54, 1.807) is 0 Å². The van der Waals surface area contributed by atoms with Gasteiger partial charge in [-0.1, -0.05) is 0 Å². The summed E-state index contributed by atoms with van der Waals surface area (Å²) in [5.74, 6) is 0.409. The molecule has 0 bridgehead atoms. The average Bonchev–Trinajstić information content (AvgIpc) is 2.69. The predicted molar refractivity (Wildman–Crippen MR) is 98.6 cm³/mol. The number of aromatic nitrogens is 2. The number of phenols is 1. The molecular formula is C19H22F2N4O3. The van der Waals surface area contributed by atoms with Crippen molar-refractivity contribution in [1.29, 1.82) is 0 Å². The van der Waals surface area contributed by atoms with E-state index in [4.69, 9.17) is 4.74 Å². The van der Waals surface area contributed by atoms with Crippen LogP contribution in [-0.2, 0) is 17.8 Å². The van der Waals surface area contributed by atoms with E-state index in [9.17, 15) is 13.9 Å². The maximum Gasteiger partial charge on any atom is 0.387 e. The van der Waals surface area contributed by atoms with Crippen LogP contribution in [0.2, 0.25) is 0 Å². The molecule has 3 heterocycles. The van der Waals surface area contributed by atoms with E-state index in [2.05, 4.69) is 25.6 Å². The normalized spacial score (nSPS) is 19.3. The molecular weight excluding hydrogens is 370 g/mol. The molecule has 150 valence electrons. The fourth-order valence-corrected chi connectivity index (χ4v) is 3.67. The highest BCUT2D eigenvalue weighted by Crippen LogP contribution is 2.37. The van der Waals surface area contributed by atoms with Crippen LogP contribution >= 0.6 is 0 Å². The van der Waals surface area contributed by atoms with Gasteiger partial charge >= 0.3 is 6.61 Å². The number of phenolic OH excluding ortho intramolecular Hbond substituents is 1. The fourth-order valence-electron chi connectivity index (χ4n) is 3.67. The number of hydrogen-bond donors (Lipinski definition) is 3. The lowest BCUT2D eigenvalue weighted by Gasteiger charge is -2.27. The van der Waals surface area contributed by atoms with Crippen LogP contribution in [0.3, 0.4) is 0 Å². The third-order valence-electron chi connectivity index (χ3n) is 5.02. The molecule has 2 aliphatic rings. The van der Waals surface area contributed by atoms with Crippen molar-refractivity contribution in [3.63, 3.8) is 0 Å². The Balaban J connectivity index is 1.66. The van der Waals surface area contributed by atoms with Gasteiger partial charge in [0.2, 0.25) is 0 Å². The smallest absolute Gasteiger partial charge is 0.387 e. The van der Waals surface area contributed by atoms with Crippen LogP contribution in [0.25, 0.3) is 11.3 Å². The Hall–Kier alpha value is -2.52. The van der Waals surface area contributed by atoms with Crippen LogP contribution in [0.15, 0.2) is 18.2 Å². The second-order valence-corrected chi connectivity index (χ2v) is 6.90. The molecule has 0 aliphatic carbocycles. The number of benzene rings is 1. The van der Waals surface area contributed by atoms with Gasteiger partial charge in [0.25, 0.3) is 0 Å². The van der Waals surface area contributed by atoms with Crippen molar-refractivity contribution in [3.05, 3.63) is 29.3 Å². The minimum Gasteiger partial charge on any atom is -0.507 e. The Morgan fingerprint density at radius 1 is 1.29 bits per heavy atom. The number of rotatable bonds is 5. The van der Waals surface area contributed by atoms with Gasteiger partial charge in [-0.2, -0.15) is 8.78 Å². The summed E-state index contributed by atoms with van der Waals surface area (Å²) < 4.78 is 34.7. The third kappa shape index (κ3) is 4.00. The lowest BCUT2D eigenvalue weighted by Crippen LogP contribution is -2.39. The van der Waals surface area contributed by atoms with Gasteiger partial charge in [0.05, 0.1) is 13.2 Å². The zero-order valence-electron chi connectivity index (χ0n) is 15.3. The lowest BCUT2D eigenvalue weighted by molar-refractivity contribution is -0.0499. The van der Waals surface area contributed by atoms with Crippen molar-refractivity contribution in [2.24, 2.45) is 0 Å². The number of ether oxygens (including phenoxy) is 2. The summed E-state index contributed by atoms with van der Waals surface area (Å²) in [5, 5.41) is 25.8. The first-order valence-corrected chi connectivity index (χ1v) is 9.33. The quantitative estimate of drug-likeness (QED) is 0.721. The van der Waals surface area contributed by atoms with Crippen molar-refractivity contribution in [2.45, 2.75) is 38.5 Å². The minimum atomic E-state index is -2.95. The summed E-state index contributed by atoms with van der Waals surface area (Å²) in [6.07, 6.45) is 2.79. The minimum absolute atomic E-state index is 0.107. The van der Waals surface area contributed by atoms with Crippen LogP contribution in [0.5, 0.6) is 11.5 Å². The van der Waals surface area contributed by atoms with Gasteiger partial charge in [-0.05, 0) is 43.5 Å². The van der Waals surface area contributed by atoms with Crippen molar-refractivity contribution in [1.82, 2.24) is 15.5 Å². The van der Waals surface area contributed by atoms with Crippen LogP contribution < -0.4 is 15.4 Å². The molecule has 1 saturated heterocycles. The zero-order chi connectivity index (χ0) is 19.5. The van der Waals surface area contributed by atoms with Gasteiger partial charge in [0.15, 0.2) is 5.82 Å². The van der Waals surface area contributed by atoms with E-state index < -0.39 is 6.61 Å². The molecule has 1 aromatic carbocycles. The fraction of sp³-hybridized carbons (Fsp3) is 0.474. The second kappa shape index (κ2) is 8.24. The Labute approximate surface area is 161 Å². The first-order chi connectivity index (χ1) is 13.6. The molecule has 7 nitrogen and oxygen atoms in total. The molecule has 2 aromatic rings. The molecule has 9 heteroatoms. The van der Waals surface area contributed by atoms with E-state index in [-0.39, 0.29) is 17.5 Å². The highest BCUT2D eigenvalue weighted by Gasteiger charge is 2.24. The first kappa shape index (κ1) is 18.8. The van der Waals surface area contributed by atoms with Crippen LogP contribution in [-0.4, -0.2) is 47.7 Å². The second-order valence-electron chi connectivity index (χ2n) is 6.90.